The standard InChI is InChI=1S/C22H19F2N5O/c1-13-10-15(28-21(30)22(23,24)14-6-4-3-5-7-14)8-9-16(13)17-11-29(2)20-18(17)19(25)26-12-27-20/h3-12H,1-2H3,(H,28,30)(H2,25,26,27). The largest absolute Gasteiger partial charge is 0.383 e. The summed E-state index contributed by atoms with van der Waals surface area (Å²) in [6.45, 7) is 1.83. The Labute approximate surface area is 171 Å². The smallest absolute Gasteiger partial charge is 0.350 e. The van der Waals surface area contributed by atoms with E-state index in [1.54, 1.807) is 24.3 Å². The van der Waals surface area contributed by atoms with E-state index in [1.165, 1.54) is 30.6 Å². The van der Waals surface area contributed by atoms with Crippen molar-refractivity contribution in [1.82, 2.24) is 14.5 Å². The van der Waals surface area contributed by atoms with Gasteiger partial charge in [0.2, 0.25) is 0 Å². The predicted octanol–water partition coefficient (Wildman–Crippen LogP) is 4.26. The van der Waals surface area contributed by atoms with Gasteiger partial charge in [-0.3, -0.25) is 4.79 Å². The zero-order chi connectivity index (χ0) is 21.5. The van der Waals surface area contributed by atoms with E-state index in [4.69, 9.17) is 5.73 Å². The fourth-order valence-electron chi connectivity index (χ4n) is 3.47. The Morgan fingerprint density at radius 1 is 1.10 bits per heavy atom. The number of rotatable bonds is 4. The minimum atomic E-state index is -3.64. The van der Waals surface area contributed by atoms with Crippen molar-refractivity contribution in [2.45, 2.75) is 12.8 Å². The summed E-state index contributed by atoms with van der Waals surface area (Å²) in [7, 11) is 1.86. The number of aryl methyl sites for hydroxylation is 2. The highest BCUT2D eigenvalue weighted by Crippen LogP contribution is 2.35. The second-order valence-electron chi connectivity index (χ2n) is 7.04. The number of nitrogens with two attached hydrogens (primary N) is 1. The molecule has 152 valence electrons. The number of carbonyl (C=O) groups excluding carboxylic acids is 1. The van der Waals surface area contributed by atoms with Crippen molar-refractivity contribution in [1.29, 1.82) is 0 Å². The highest BCUT2D eigenvalue weighted by Gasteiger charge is 2.40. The number of nitrogens with zero attached hydrogens (tertiary/aromatic N) is 3. The van der Waals surface area contributed by atoms with Crippen LogP contribution in [0, 0.1) is 6.92 Å². The van der Waals surface area contributed by atoms with Crippen molar-refractivity contribution in [3.05, 3.63) is 72.2 Å². The average Bonchev–Trinajstić information content (AvgIpc) is 3.06. The number of hydrogen-bond donors (Lipinski definition) is 2. The summed E-state index contributed by atoms with van der Waals surface area (Å²) in [5, 5.41) is 3.03. The van der Waals surface area contributed by atoms with Gasteiger partial charge in [0.1, 0.15) is 17.8 Å². The number of aromatic nitrogens is 3. The number of carbonyl (C=O) groups is 1. The quantitative estimate of drug-likeness (QED) is 0.529. The highest BCUT2D eigenvalue weighted by molar-refractivity contribution is 6.02. The topological polar surface area (TPSA) is 85.8 Å². The molecule has 2 heterocycles. The molecule has 0 saturated carbocycles. The number of nitrogens with one attached hydrogen (secondary N) is 1. The molecule has 8 heteroatoms. The van der Waals surface area contributed by atoms with E-state index in [1.807, 2.05) is 24.7 Å². The van der Waals surface area contributed by atoms with Gasteiger partial charge in [-0.1, -0.05) is 36.4 Å². The lowest BCUT2D eigenvalue weighted by atomic mass is 10.00. The SMILES string of the molecule is Cc1cc(NC(=O)C(F)(F)c2ccccc2)ccc1-c1cn(C)c2ncnc(N)c12. The number of nitrogen functional groups attached to an aromatic ring is 1. The van der Waals surface area contributed by atoms with Crippen LogP contribution < -0.4 is 11.1 Å². The van der Waals surface area contributed by atoms with Crippen LogP contribution in [0.15, 0.2) is 61.1 Å². The molecule has 30 heavy (non-hydrogen) atoms. The highest BCUT2D eigenvalue weighted by atomic mass is 19.3. The summed E-state index contributed by atoms with van der Waals surface area (Å²) >= 11 is 0. The number of benzene rings is 2. The number of alkyl halides is 2. The van der Waals surface area contributed by atoms with Crippen LogP contribution >= 0.6 is 0 Å². The van der Waals surface area contributed by atoms with Crippen molar-refractivity contribution in [2.24, 2.45) is 7.05 Å². The van der Waals surface area contributed by atoms with Crippen LogP contribution in [0.1, 0.15) is 11.1 Å². The van der Waals surface area contributed by atoms with E-state index in [2.05, 4.69) is 15.3 Å². The molecule has 4 aromatic rings. The molecule has 6 nitrogen and oxygen atoms in total. The van der Waals surface area contributed by atoms with Crippen molar-refractivity contribution in [3.63, 3.8) is 0 Å². The van der Waals surface area contributed by atoms with Gasteiger partial charge in [-0.15, -0.1) is 0 Å². The van der Waals surface area contributed by atoms with Gasteiger partial charge < -0.3 is 15.6 Å². The summed E-state index contributed by atoms with van der Waals surface area (Å²) in [6, 6.07) is 12.0. The van der Waals surface area contributed by atoms with E-state index in [0.29, 0.717) is 11.5 Å². The molecule has 0 aliphatic heterocycles. The molecule has 0 aliphatic rings. The Balaban J connectivity index is 1.66. The summed E-state index contributed by atoms with van der Waals surface area (Å²) < 4.78 is 30.8. The number of amides is 1. The molecule has 0 atom stereocenters. The third-order valence-electron chi connectivity index (χ3n) is 4.98. The molecule has 4 rings (SSSR count). The van der Waals surface area contributed by atoms with Crippen LogP contribution in [-0.4, -0.2) is 20.4 Å². The van der Waals surface area contributed by atoms with Gasteiger partial charge in [0.15, 0.2) is 0 Å². The van der Waals surface area contributed by atoms with Crippen LogP contribution in [0.2, 0.25) is 0 Å². The molecule has 0 spiro atoms. The molecule has 3 N–H and O–H groups in total. The van der Waals surface area contributed by atoms with Crippen molar-refractivity contribution in [2.75, 3.05) is 11.1 Å². The first-order valence-corrected chi connectivity index (χ1v) is 9.20. The van der Waals surface area contributed by atoms with E-state index < -0.39 is 11.8 Å². The van der Waals surface area contributed by atoms with Crippen molar-refractivity contribution < 1.29 is 13.6 Å². The average molecular weight is 407 g/mol. The second-order valence-corrected chi connectivity index (χ2v) is 7.04. The van der Waals surface area contributed by atoms with E-state index in [9.17, 15) is 13.6 Å². The third-order valence-corrected chi connectivity index (χ3v) is 4.98. The minimum absolute atomic E-state index is 0.279. The van der Waals surface area contributed by atoms with Crippen LogP contribution in [0.5, 0.6) is 0 Å². The van der Waals surface area contributed by atoms with Crippen LogP contribution in [0.4, 0.5) is 20.3 Å². The van der Waals surface area contributed by atoms with Gasteiger partial charge >= 0.3 is 5.92 Å². The Bertz CT molecular complexity index is 1250. The van der Waals surface area contributed by atoms with Crippen LogP contribution in [0.25, 0.3) is 22.2 Å². The lowest BCUT2D eigenvalue weighted by Gasteiger charge is -2.17. The Hall–Kier alpha value is -3.81. The summed E-state index contributed by atoms with van der Waals surface area (Å²) in [6.07, 6.45) is 3.29. The zero-order valence-electron chi connectivity index (χ0n) is 16.4. The Morgan fingerprint density at radius 2 is 1.83 bits per heavy atom. The van der Waals surface area contributed by atoms with E-state index >= 15 is 0 Å². The van der Waals surface area contributed by atoms with Gasteiger partial charge in [-0.05, 0) is 30.2 Å². The molecular formula is C22H19F2N5O. The summed E-state index contributed by atoms with van der Waals surface area (Å²) in [4.78, 5) is 20.6. The molecule has 1 amide bonds. The maximum Gasteiger partial charge on any atom is 0.350 e. The van der Waals surface area contributed by atoms with Crippen molar-refractivity contribution in [3.8, 4) is 11.1 Å². The number of fused-ring (bicyclic) bond motifs is 1. The van der Waals surface area contributed by atoms with Crippen molar-refractivity contribution >= 4 is 28.4 Å². The second kappa shape index (κ2) is 7.22. The lowest BCUT2D eigenvalue weighted by Crippen LogP contribution is -2.32. The summed E-state index contributed by atoms with van der Waals surface area (Å²) in [5.41, 5.74) is 9.12. The molecule has 2 aromatic heterocycles. The van der Waals surface area contributed by atoms with E-state index in [0.717, 1.165) is 22.1 Å². The molecule has 0 radical (unpaired) electrons. The fraction of sp³-hybridized carbons (Fsp3) is 0.136. The number of halogens is 2. The third kappa shape index (κ3) is 3.26. The van der Waals surface area contributed by atoms with E-state index in [-0.39, 0.29) is 11.3 Å². The van der Waals surface area contributed by atoms with Gasteiger partial charge in [-0.2, -0.15) is 8.78 Å². The molecule has 0 unspecified atom stereocenters. The molecule has 0 aliphatic carbocycles. The van der Waals surface area contributed by atoms with Gasteiger partial charge in [0, 0.05) is 30.1 Å². The Morgan fingerprint density at radius 3 is 2.53 bits per heavy atom. The van der Waals surface area contributed by atoms with Crippen LogP contribution in [0.3, 0.4) is 0 Å². The predicted molar refractivity (Wildman–Crippen MR) is 112 cm³/mol. The fourth-order valence-corrected chi connectivity index (χ4v) is 3.47. The van der Waals surface area contributed by atoms with Gasteiger partial charge in [0.25, 0.3) is 5.91 Å². The molecule has 0 fully saturated rings. The minimum Gasteiger partial charge on any atom is -0.383 e. The first-order chi connectivity index (χ1) is 14.3. The molecule has 2 aromatic carbocycles. The lowest BCUT2D eigenvalue weighted by molar-refractivity contribution is -0.140. The number of anilines is 2. The van der Waals surface area contributed by atoms with Gasteiger partial charge in [-0.25, -0.2) is 9.97 Å². The molecule has 0 saturated heterocycles. The maximum atomic E-state index is 14.5. The Kier molecular flexibility index (Phi) is 4.69. The summed E-state index contributed by atoms with van der Waals surface area (Å²) in [5.74, 6) is -4.67. The normalized spacial score (nSPS) is 11.6. The first kappa shape index (κ1) is 19.5. The molecule has 0 bridgehead atoms. The first-order valence-electron chi connectivity index (χ1n) is 9.20. The molecular weight excluding hydrogens is 388 g/mol. The van der Waals surface area contributed by atoms with Crippen LogP contribution in [-0.2, 0) is 17.8 Å². The monoisotopic (exact) mass is 407 g/mol. The maximum absolute atomic E-state index is 14.5. The number of hydrogen-bond acceptors (Lipinski definition) is 4. The van der Waals surface area contributed by atoms with Gasteiger partial charge in [0.05, 0.1) is 5.39 Å². The zero-order valence-corrected chi connectivity index (χ0v) is 16.4.